The number of amides is 1. The van der Waals surface area contributed by atoms with E-state index in [1.54, 1.807) is 24.7 Å². The lowest BCUT2D eigenvalue weighted by molar-refractivity contribution is 0.102. The third-order valence-electron chi connectivity index (χ3n) is 5.18. The van der Waals surface area contributed by atoms with Crippen LogP contribution in [0.1, 0.15) is 68.7 Å². The molecular weight excluding hydrogens is 446 g/mol. The van der Waals surface area contributed by atoms with Crippen LogP contribution >= 0.6 is 0 Å². The zero-order valence-electron chi connectivity index (χ0n) is 23.1. The van der Waals surface area contributed by atoms with Gasteiger partial charge >= 0.3 is 0 Å². The van der Waals surface area contributed by atoms with Crippen molar-refractivity contribution in [1.82, 2.24) is 19.8 Å². The number of nitrogens with one attached hydrogen (secondary N) is 2. The molecule has 6 heteroatoms. The summed E-state index contributed by atoms with van der Waals surface area (Å²) in [5.41, 5.74) is 4.14. The number of nitrogens with zero attached hydrogens (tertiary/aromatic N) is 3. The molecule has 1 fully saturated rings. The summed E-state index contributed by atoms with van der Waals surface area (Å²) in [7, 11) is 2.16. The number of aromatic nitrogens is 2. The molecule has 3 aromatic rings. The summed E-state index contributed by atoms with van der Waals surface area (Å²) < 4.78 is 0. The first kappa shape index (κ1) is 30.6. The van der Waals surface area contributed by atoms with Gasteiger partial charge in [0.25, 0.3) is 5.91 Å². The third kappa shape index (κ3) is 10.5. The number of benzene rings is 2. The number of anilines is 1. The maximum absolute atomic E-state index is 12.6. The second kappa shape index (κ2) is 18.0. The van der Waals surface area contributed by atoms with Gasteiger partial charge in [-0.05, 0) is 48.9 Å². The van der Waals surface area contributed by atoms with Crippen LogP contribution in [0.2, 0.25) is 0 Å². The fourth-order valence-electron chi connectivity index (χ4n) is 3.36. The van der Waals surface area contributed by atoms with Crippen LogP contribution in [0.4, 0.5) is 5.69 Å². The predicted octanol–water partition coefficient (Wildman–Crippen LogP) is 5.89. The maximum Gasteiger partial charge on any atom is 0.255 e. The highest BCUT2D eigenvalue weighted by molar-refractivity contribution is 6.04. The van der Waals surface area contributed by atoms with Crippen molar-refractivity contribution >= 4 is 11.6 Å². The number of hydrogen-bond donors (Lipinski definition) is 2. The highest BCUT2D eigenvalue weighted by Gasteiger charge is 2.14. The molecule has 1 amide bonds. The SMILES string of the molecule is CC.CC.CC.CN1CCN(Cc2ccc(NC(=O)c3cccc(C#Cc4cnc[nH]4)c3)cc2)CC1. The number of rotatable bonds is 4. The van der Waals surface area contributed by atoms with E-state index in [0.717, 1.165) is 49.7 Å². The quantitative estimate of drug-likeness (QED) is 0.449. The zero-order valence-corrected chi connectivity index (χ0v) is 23.1. The Hall–Kier alpha value is -3.40. The molecule has 2 N–H and O–H groups in total. The lowest BCUT2D eigenvalue weighted by Gasteiger charge is -2.32. The number of H-pyrrole nitrogens is 1. The van der Waals surface area contributed by atoms with Crippen LogP contribution in [0, 0.1) is 11.8 Å². The number of carbonyl (C=O) groups excluding carboxylic acids is 1. The van der Waals surface area contributed by atoms with Crippen molar-refractivity contribution in [1.29, 1.82) is 0 Å². The average molecular weight is 490 g/mol. The minimum Gasteiger partial charge on any atom is -0.338 e. The molecule has 0 unspecified atom stereocenters. The molecule has 0 aliphatic carbocycles. The number of piperazine rings is 1. The molecule has 6 nitrogen and oxygen atoms in total. The van der Waals surface area contributed by atoms with E-state index in [9.17, 15) is 4.79 Å². The molecule has 0 atom stereocenters. The van der Waals surface area contributed by atoms with Crippen molar-refractivity contribution in [3.05, 3.63) is 83.4 Å². The number of imidazole rings is 1. The molecule has 1 aromatic heterocycles. The van der Waals surface area contributed by atoms with Gasteiger partial charge in [0.15, 0.2) is 0 Å². The third-order valence-corrected chi connectivity index (χ3v) is 5.18. The average Bonchev–Trinajstić information content (AvgIpc) is 3.47. The highest BCUT2D eigenvalue weighted by Crippen LogP contribution is 2.14. The number of carbonyl (C=O) groups is 1. The molecule has 0 bridgehead atoms. The van der Waals surface area contributed by atoms with E-state index >= 15 is 0 Å². The Morgan fingerprint density at radius 3 is 2.22 bits per heavy atom. The van der Waals surface area contributed by atoms with Crippen LogP contribution in [-0.4, -0.2) is 58.9 Å². The van der Waals surface area contributed by atoms with Crippen LogP contribution in [0.15, 0.2) is 61.1 Å². The van der Waals surface area contributed by atoms with Crippen LogP contribution in [-0.2, 0) is 6.54 Å². The molecule has 0 spiro atoms. The number of aromatic amines is 1. The summed E-state index contributed by atoms with van der Waals surface area (Å²) in [6, 6.07) is 15.4. The Labute approximate surface area is 218 Å². The molecule has 0 radical (unpaired) electrons. The Morgan fingerprint density at radius 1 is 0.944 bits per heavy atom. The van der Waals surface area contributed by atoms with Crippen molar-refractivity contribution in [2.24, 2.45) is 0 Å². The van der Waals surface area contributed by atoms with E-state index in [2.05, 4.69) is 56.1 Å². The smallest absolute Gasteiger partial charge is 0.255 e. The minimum atomic E-state index is -0.146. The van der Waals surface area contributed by atoms with Crippen molar-refractivity contribution < 1.29 is 4.79 Å². The van der Waals surface area contributed by atoms with Gasteiger partial charge in [-0.1, -0.05) is 65.7 Å². The van der Waals surface area contributed by atoms with Gasteiger partial charge in [-0.2, -0.15) is 0 Å². The van der Waals surface area contributed by atoms with Gasteiger partial charge in [-0.15, -0.1) is 0 Å². The Kier molecular flexibility index (Phi) is 15.3. The second-order valence-electron chi connectivity index (χ2n) is 7.53. The molecule has 194 valence electrons. The summed E-state index contributed by atoms with van der Waals surface area (Å²) in [5.74, 6) is 5.89. The summed E-state index contributed by atoms with van der Waals surface area (Å²) in [6.45, 7) is 17.3. The molecule has 2 aromatic carbocycles. The van der Waals surface area contributed by atoms with Crippen molar-refractivity contribution in [2.45, 2.75) is 48.1 Å². The zero-order chi connectivity index (χ0) is 26.8. The van der Waals surface area contributed by atoms with Gasteiger partial charge in [0, 0.05) is 49.5 Å². The lowest BCUT2D eigenvalue weighted by atomic mass is 10.1. The van der Waals surface area contributed by atoms with Crippen molar-refractivity contribution in [3.8, 4) is 11.8 Å². The fraction of sp³-hybridized carbons (Fsp3) is 0.400. The van der Waals surface area contributed by atoms with Gasteiger partial charge in [0.05, 0.1) is 12.5 Å². The summed E-state index contributed by atoms with van der Waals surface area (Å²) in [4.78, 5) is 24.3. The van der Waals surface area contributed by atoms with E-state index in [1.807, 2.05) is 65.8 Å². The standard InChI is InChI=1S/C24H25N5O.3C2H6/c1-28-11-13-29(14-12-28)17-20-6-8-22(9-7-20)27-24(30)21-4-2-3-19(15-21)5-10-23-16-25-18-26-23;3*1-2/h2-4,6-9,15-16,18H,11-14,17H2,1H3,(H,25,26)(H,27,30);3*1-2H3. The molecule has 1 saturated heterocycles. The molecule has 1 aliphatic heterocycles. The first-order valence-electron chi connectivity index (χ1n) is 13.1. The van der Waals surface area contributed by atoms with Gasteiger partial charge in [0.2, 0.25) is 0 Å². The van der Waals surface area contributed by atoms with E-state index in [1.165, 1.54) is 5.56 Å². The molecule has 4 rings (SSSR count). The summed E-state index contributed by atoms with van der Waals surface area (Å²) in [6.07, 6.45) is 3.25. The predicted molar refractivity (Wildman–Crippen MR) is 152 cm³/mol. The Morgan fingerprint density at radius 2 is 1.61 bits per heavy atom. The maximum atomic E-state index is 12.6. The van der Waals surface area contributed by atoms with Gasteiger partial charge in [0.1, 0.15) is 5.69 Å². The van der Waals surface area contributed by atoms with E-state index < -0.39 is 0 Å². The fourth-order valence-corrected chi connectivity index (χ4v) is 3.36. The largest absolute Gasteiger partial charge is 0.338 e. The van der Waals surface area contributed by atoms with Crippen LogP contribution < -0.4 is 5.32 Å². The normalized spacial score (nSPS) is 12.8. The first-order chi connectivity index (χ1) is 17.7. The minimum absolute atomic E-state index is 0.146. The van der Waals surface area contributed by atoms with Crippen molar-refractivity contribution in [3.63, 3.8) is 0 Å². The molecule has 0 saturated carbocycles. The Bertz CT molecular complexity index is 1040. The Balaban J connectivity index is 0.00000101. The summed E-state index contributed by atoms with van der Waals surface area (Å²) >= 11 is 0. The van der Waals surface area contributed by atoms with Crippen LogP contribution in [0.3, 0.4) is 0 Å². The number of likely N-dealkylation sites (N-methyl/N-ethyl adjacent to an activating group) is 1. The van der Waals surface area contributed by atoms with Gasteiger partial charge in [-0.3, -0.25) is 9.69 Å². The molecule has 36 heavy (non-hydrogen) atoms. The summed E-state index contributed by atoms with van der Waals surface area (Å²) in [5, 5.41) is 2.97. The topological polar surface area (TPSA) is 64.3 Å². The number of hydrogen-bond acceptors (Lipinski definition) is 4. The first-order valence-corrected chi connectivity index (χ1v) is 13.1. The molecule has 1 aliphatic rings. The van der Waals surface area contributed by atoms with E-state index in [-0.39, 0.29) is 5.91 Å². The lowest BCUT2D eigenvalue weighted by Crippen LogP contribution is -2.43. The second-order valence-corrected chi connectivity index (χ2v) is 7.53. The van der Waals surface area contributed by atoms with Gasteiger partial charge < -0.3 is 15.2 Å². The highest BCUT2D eigenvalue weighted by atomic mass is 16.1. The van der Waals surface area contributed by atoms with Crippen molar-refractivity contribution in [2.75, 3.05) is 38.5 Å². The monoisotopic (exact) mass is 489 g/mol. The van der Waals surface area contributed by atoms with E-state index in [4.69, 9.17) is 0 Å². The van der Waals surface area contributed by atoms with Crippen LogP contribution in [0.5, 0.6) is 0 Å². The molecule has 2 heterocycles. The van der Waals surface area contributed by atoms with E-state index in [0.29, 0.717) is 5.56 Å². The molecular formula is C30H43N5O. The van der Waals surface area contributed by atoms with Gasteiger partial charge in [-0.25, -0.2) is 4.98 Å². The van der Waals surface area contributed by atoms with Crippen LogP contribution in [0.25, 0.3) is 0 Å².